The Morgan fingerprint density at radius 2 is 2.14 bits per heavy atom. The lowest BCUT2D eigenvalue weighted by atomic mass is 10.1. The van der Waals surface area contributed by atoms with Gasteiger partial charge in [-0.3, -0.25) is 0 Å². The first kappa shape index (κ1) is 11.0. The van der Waals surface area contributed by atoms with E-state index in [-0.39, 0.29) is 5.56 Å². The average molecular weight is 198 g/mol. The molecule has 0 heterocycles. The third-order valence-corrected chi connectivity index (χ3v) is 2.03. The lowest BCUT2D eigenvalue weighted by molar-refractivity contribution is 0.162. The Kier molecular flexibility index (Phi) is 3.89. The standard InChI is InChI=1S/C11H15FO2/c1-3-9(13)11-8(12)6-5-7-10(11)14-4-2/h5-7,9,13H,3-4H2,1-2H3. The molecule has 0 aliphatic rings. The Labute approximate surface area is 83.3 Å². The second kappa shape index (κ2) is 4.96. The summed E-state index contributed by atoms with van der Waals surface area (Å²) < 4.78 is 18.6. The molecule has 78 valence electrons. The van der Waals surface area contributed by atoms with E-state index in [9.17, 15) is 9.50 Å². The van der Waals surface area contributed by atoms with Crippen LogP contribution in [-0.2, 0) is 0 Å². The first-order valence-electron chi connectivity index (χ1n) is 4.80. The fraction of sp³-hybridized carbons (Fsp3) is 0.455. The van der Waals surface area contributed by atoms with Gasteiger partial charge in [0.15, 0.2) is 0 Å². The van der Waals surface area contributed by atoms with Gasteiger partial charge in [-0.15, -0.1) is 0 Å². The molecule has 0 saturated carbocycles. The van der Waals surface area contributed by atoms with Crippen molar-refractivity contribution in [2.45, 2.75) is 26.4 Å². The predicted octanol–water partition coefficient (Wildman–Crippen LogP) is 2.67. The van der Waals surface area contributed by atoms with Gasteiger partial charge in [0.05, 0.1) is 18.3 Å². The van der Waals surface area contributed by atoms with Crippen molar-refractivity contribution in [1.82, 2.24) is 0 Å². The first-order valence-corrected chi connectivity index (χ1v) is 4.80. The van der Waals surface area contributed by atoms with Crippen LogP contribution in [0.25, 0.3) is 0 Å². The van der Waals surface area contributed by atoms with Gasteiger partial charge in [0.2, 0.25) is 0 Å². The molecular weight excluding hydrogens is 183 g/mol. The van der Waals surface area contributed by atoms with Crippen molar-refractivity contribution in [2.75, 3.05) is 6.61 Å². The third-order valence-electron chi connectivity index (χ3n) is 2.03. The van der Waals surface area contributed by atoms with Crippen LogP contribution in [0, 0.1) is 5.82 Å². The Morgan fingerprint density at radius 1 is 1.43 bits per heavy atom. The van der Waals surface area contributed by atoms with E-state index < -0.39 is 11.9 Å². The molecule has 0 bridgehead atoms. The van der Waals surface area contributed by atoms with Crippen molar-refractivity contribution in [3.8, 4) is 5.75 Å². The molecule has 1 atom stereocenters. The average Bonchev–Trinajstić information content (AvgIpc) is 2.18. The van der Waals surface area contributed by atoms with Crippen molar-refractivity contribution < 1.29 is 14.2 Å². The molecule has 2 nitrogen and oxygen atoms in total. The van der Waals surface area contributed by atoms with E-state index in [1.54, 1.807) is 19.1 Å². The lowest BCUT2D eigenvalue weighted by Gasteiger charge is -2.14. The normalized spacial score (nSPS) is 12.6. The molecule has 0 amide bonds. The SMILES string of the molecule is CCOc1cccc(F)c1C(O)CC. The predicted molar refractivity (Wildman–Crippen MR) is 52.8 cm³/mol. The van der Waals surface area contributed by atoms with E-state index in [4.69, 9.17) is 4.74 Å². The Balaban J connectivity index is 3.08. The third kappa shape index (κ3) is 2.23. The monoisotopic (exact) mass is 198 g/mol. The second-order valence-electron chi connectivity index (χ2n) is 3.01. The van der Waals surface area contributed by atoms with E-state index in [0.717, 1.165) is 0 Å². The highest BCUT2D eigenvalue weighted by molar-refractivity contribution is 5.36. The molecule has 0 fully saturated rings. The Bertz CT molecular complexity index is 299. The van der Waals surface area contributed by atoms with E-state index in [1.807, 2.05) is 6.92 Å². The highest BCUT2D eigenvalue weighted by Gasteiger charge is 2.16. The highest BCUT2D eigenvalue weighted by atomic mass is 19.1. The summed E-state index contributed by atoms with van der Waals surface area (Å²) in [5, 5.41) is 9.60. The molecular formula is C11H15FO2. The summed E-state index contributed by atoms with van der Waals surface area (Å²) >= 11 is 0. The van der Waals surface area contributed by atoms with Gasteiger partial charge in [0.25, 0.3) is 0 Å². The van der Waals surface area contributed by atoms with Crippen LogP contribution in [0.4, 0.5) is 4.39 Å². The maximum atomic E-state index is 13.4. The van der Waals surface area contributed by atoms with Crippen LogP contribution in [0.3, 0.4) is 0 Å². The molecule has 3 heteroatoms. The minimum atomic E-state index is -0.794. The van der Waals surface area contributed by atoms with Gasteiger partial charge in [0, 0.05) is 0 Å². The minimum absolute atomic E-state index is 0.261. The zero-order valence-electron chi connectivity index (χ0n) is 8.46. The fourth-order valence-corrected chi connectivity index (χ4v) is 1.33. The summed E-state index contributed by atoms with van der Waals surface area (Å²) in [6, 6.07) is 4.57. The number of benzene rings is 1. The van der Waals surface area contributed by atoms with E-state index in [0.29, 0.717) is 18.8 Å². The van der Waals surface area contributed by atoms with Crippen LogP contribution in [0.2, 0.25) is 0 Å². The number of hydrogen-bond donors (Lipinski definition) is 1. The highest BCUT2D eigenvalue weighted by Crippen LogP contribution is 2.29. The maximum absolute atomic E-state index is 13.4. The molecule has 0 spiro atoms. The van der Waals surface area contributed by atoms with Crippen molar-refractivity contribution in [3.63, 3.8) is 0 Å². The van der Waals surface area contributed by atoms with Crippen molar-refractivity contribution in [3.05, 3.63) is 29.6 Å². The van der Waals surface area contributed by atoms with E-state index >= 15 is 0 Å². The zero-order chi connectivity index (χ0) is 10.6. The van der Waals surface area contributed by atoms with E-state index in [1.165, 1.54) is 6.07 Å². The summed E-state index contributed by atoms with van der Waals surface area (Å²) in [4.78, 5) is 0. The molecule has 1 N–H and O–H groups in total. The van der Waals surface area contributed by atoms with Crippen molar-refractivity contribution in [1.29, 1.82) is 0 Å². The Morgan fingerprint density at radius 3 is 2.71 bits per heavy atom. The van der Waals surface area contributed by atoms with Gasteiger partial charge in [-0.25, -0.2) is 4.39 Å². The molecule has 0 aliphatic heterocycles. The second-order valence-corrected chi connectivity index (χ2v) is 3.01. The molecule has 1 aromatic rings. The number of rotatable bonds is 4. The Hall–Kier alpha value is -1.09. The molecule has 0 radical (unpaired) electrons. The molecule has 14 heavy (non-hydrogen) atoms. The summed E-state index contributed by atoms with van der Waals surface area (Å²) in [7, 11) is 0. The molecule has 1 unspecified atom stereocenters. The number of aliphatic hydroxyl groups is 1. The van der Waals surface area contributed by atoms with Crippen LogP contribution >= 0.6 is 0 Å². The van der Waals surface area contributed by atoms with Gasteiger partial charge in [-0.05, 0) is 25.5 Å². The molecule has 1 rings (SSSR count). The fourth-order valence-electron chi connectivity index (χ4n) is 1.33. The summed E-state index contributed by atoms with van der Waals surface area (Å²) in [6.07, 6.45) is -0.321. The largest absolute Gasteiger partial charge is 0.493 e. The minimum Gasteiger partial charge on any atom is -0.493 e. The number of ether oxygens (including phenoxy) is 1. The van der Waals surface area contributed by atoms with E-state index in [2.05, 4.69) is 0 Å². The van der Waals surface area contributed by atoms with Gasteiger partial charge in [-0.2, -0.15) is 0 Å². The summed E-state index contributed by atoms with van der Waals surface area (Å²) in [5.74, 6) is 0.0205. The van der Waals surface area contributed by atoms with Crippen LogP contribution in [0.1, 0.15) is 31.9 Å². The van der Waals surface area contributed by atoms with Gasteiger partial charge >= 0.3 is 0 Å². The summed E-state index contributed by atoms with van der Waals surface area (Å²) in [5.41, 5.74) is 0.261. The number of aliphatic hydroxyl groups excluding tert-OH is 1. The number of hydrogen-bond acceptors (Lipinski definition) is 2. The van der Waals surface area contributed by atoms with Crippen molar-refractivity contribution >= 4 is 0 Å². The molecule has 0 aliphatic carbocycles. The number of halogens is 1. The first-order chi connectivity index (χ1) is 6.70. The van der Waals surface area contributed by atoms with Gasteiger partial charge in [0.1, 0.15) is 11.6 Å². The van der Waals surface area contributed by atoms with Crippen LogP contribution in [0.15, 0.2) is 18.2 Å². The van der Waals surface area contributed by atoms with Crippen LogP contribution in [-0.4, -0.2) is 11.7 Å². The topological polar surface area (TPSA) is 29.5 Å². The van der Waals surface area contributed by atoms with Crippen LogP contribution in [0.5, 0.6) is 5.75 Å². The van der Waals surface area contributed by atoms with Gasteiger partial charge in [-0.1, -0.05) is 13.0 Å². The maximum Gasteiger partial charge on any atom is 0.132 e. The van der Waals surface area contributed by atoms with Crippen LogP contribution < -0.4 is 4.74 Å². The quantitative estimate of drug-likeness (QED) is 0.806. The zero-order valence-corrected chi connectivity index (χ0v) is 8.46. The molecule has 1 aromatic carbocycles. The van der Waals surface area contributed by atoms with Gasteiger partial charge < -0.3 is 9.84 Å². The molecule has 0 aromatic heterocycles. The smallest absolute Gasteiger partial charge is 0.132 e. The summed E-state index contributed by atoms with van der Waals surface area (Å²) in [6.45, 7) is 4.09. The van der Waals surface area contributed by atoms with Crippen molar-refractivity contribution in [2.24, 2.45) is 0 Å². The molecule has 0 saturated heterocycles. The lowest BCUT2D eigenvalue weighted by Crippen LogP contribution is -2.04.